The molecule has 0 spiro atoms. The van der Waals surface area contributed by atoms with E-state index in [0.717, 1.165) is 51.4 Å². The Morgan fingerprint density at radius 2 is 0.667 bits per heavy atom. The van der Waals surface area contributed by atoms with Crippen LogP contribution in [0, 0.1) is 0 Å². The summed E-state index contributed by atoms with van der Waals surface area (Å²) in [5.41, 5.74) is 0. The molecule has 0 aromatic rings. The molecule has 0 radical (unpaired) electrons. The molecular weight excluding hydrogens is 779 g/mol. The van der Waals surface area contributed by atoms with E-state index in [9.17, 15) is 25.2 Å². The van der Waals surface area contributed by atoms with E-state index in [1.54, 1.807) is 0 Å². The van der Waals surface area contributed by atoms with E-state index in [-0.39, 0.29) is 0 Å². The second kappa shape index (κ2) is 51.5. The smallest absolute Gasteiger partial charge is 0.249 e. The van der Waals surface area contributed by atoms with E-state index >= 15 is 0 Å². The van der Waals surface area contributed by atoms with Gasteiger partial charge in [-0.15, -0.1) is 0 Å². The fourth-order valence-electron chi connectivity index (χ4n) is 8.65. The predicted octanol–water partition coefficient (Wildman–Crippen LogP) is 16.0. The lowest BCUT2D eigenvalue weighted by molar-refractivity contribution is -0.132. The van der Waals surface area contributed by atoms with Gasteiger partial charge in [-0.1, -0.05) is 249 Å². The summed E-state index contributed by atoms with van der Waals surface area (Å²) in [6.45, 7) is 4.05. The molecule has 0 rings (SSSR count). The average molecular weight is 889 g/mol. The van der Waals surface area contributed by atoms with Gasteiger partial charge >= 0.3 is 0 Å². The molecule has 0 aliphatic heterocycles. The van der Waals surface area contributed by atoms with Crippen LogP contribution in [0.4, 0.5) is 0 Å². The minimum absolute atomic E-state index is 0.346. The minimum Gasteiger partial charge on any atom is -0.394 e. The lowest BCUT2D eigenvalue weighted by atomic mass is 10.00. The molecule has 6 nitrogen and oxygen atoms in total. The molecule has 372 valence electrons. The van der Waals surface area contributed by atoms with E-state index in [0.29, 0.717) is 19.3 Å². The number of unbranched alkanes of at least 4 members (excludes halogenated alkanes) is 36. The zero-order valence-electron chi connectivity index (χ0n) is 42.1. The quantitative estimate of drug-likeness (QED) is 0.0309. The van der Waals surface area contributed by atoms with Crippen molar-refractivity contribution in [3.63, 3.8) is 0 Å². The number of amides is 1. The third kappa shape index (κ3) is 45.5. The second-order valence-corrected chi connectivity index (χ2v) is 19.3. The molecule has 0 heterocycles. The van der Waals surface area contributed by atoms with Gasteiger partial charge in [-0.05, 0) is 77.0 Å². The van der Waals surface area contributed by atoms with Crippen LogP contribution in [0.1, 0.15) is 290 Å². The Labute approximate surface area is 392 Å². The summed E-state index contributed by atoms with van der Waals surface area (Å²) in [6.07, 6.45) is 63.7. The van der Waals surface area contributed by atoms with Crippen molar-refractivity contribution in [2.75, 3.05) is 6.61 Å². The van der Waals surface area contributed by atoms with Crippen LogP contribution >= 0.6 is 0 Å². The number of carbonyl (C=O) groups is 1. The van der Waals surface area contributed by atoms with Crippen LogP contribution in [0.2, 0.25) is 0 Å². The number of aliphatic hydroxyl groups is 4. The van der Waals surface area contributed by atoms with Crippen LogP contribution in [0.3, 0.4) is 0 Å². The van der Waals surface area contributed by atoms with Crippen molar-refractivity contribution >= 4 is 5.91 Å². The van der Waals surface area contributed by atoms with Crippen molar-refractivity contribution in [3.05, 3.63) is 36.5 Å². The van der Waals surface area contributed by atoms with Crippen LogP contribution < -0.4 is 5.32 Å². The fraction of sp³-hybridized carbons (Fsp3) is 0.877. The van der Waals surface area contributed by atoms with Crippen LogP contribution in [-0.2, 0) is 4.79 Å². The van der Waals surface area contributed by atoms with Gasteiger partial charge in [0, 0.05) is 0 Å². The maximum Gasteiger partial charge on any atom is 0.249 e. The Hall–Kier alpha value is -1.47. The summed E-state index contributed by atoms with van der Waals surface area (Å²) in [5.74, 6) is -0.605. The van der Waals surface area contributed by atoms with Crippen molar-refractivity contribution < 1.29 is 25.2 Å². The molecule has 6 heteroatoms. The topological polar surface area (TPSA) is 110 Å². The van der Waals surface area contributed by atoms with Gasteiger partial charge < -0.3 is 25.7 Å². The summed E-state index contributed by atoms with van der Waals surface area (Å²) in [4.78, 5) is 12.5. The highest BCUT2D eigenvalue weighted by atomic mass is 16.3. The summed E-state index contributed by atoms with van der Waals surface area (Å²) < 4.78 is 0. The summed E-state index contributed by atoms with van der Waals surface area (Å²) in [5, 5.41) is 43.8. The largest absolute Gasteiger partial charge is 0.394 e. The van der Waals surface area contributed by atoms with Gasteiger partial charge in [-0.3, -0.25) is 4.79 Å². The molecular formula is C57H109NO5. The Morgan fingerprint density at radius 3 is 1.00 bits per heavy atom. The van der Waals surface area contributed by atoms with Gasteiger partial charge in [0.1, 0.15) is 12.2 Å². The zero-order valence-corrected chi connectivity index (χ0v) is 42.1. The van der Waals surface area contributed by atoms with Crippen LogP contribution in [-0.4, -0.2) is 57.3 Å². The SMILES string of the molecule is CCCCCCCCC/C=C\CCCCCCC(O)C(=O)NC(CO)C(O)C(O)CCC/C=C/CC/C=C/CCCCCCCCCCCCCCCCCCCCCCCCC. The van der Waals surface area contributed by atoms with E-state index in [2.05, 4.69) is 55.6 Å². The van der Waals surface area contributed by atoms with Crippen LogP contribution in [0.15, 0.2) is 36.5 Å². The lowest BCUT2D eigenvalue weighted by Crippen LogP contribution is -2.53. The maximum absolute atomic E-state index is 12.5. The number of allylic oxidation sites excluding steroid dienone is 6. The molecule has 0 fully saturated rings. The van der Waals surface area contributed by atoms with Gasteiger partial charge in [0.2, 0.25) is 5.91 Å². The van der Waals surface area contributed by atoms with E-state index in [1.165, 1.54) is 205 Å². The molecule has 5 N–H and O–H groups in total. The number of hydrogen-bond acceptors (Lipinski definition) is 5. The second-order valence-electron chi connectivity index (χ2n) is 19.3. The molecule has 4 atom stereocenters. The van der Waals surface area contributed by atoms with Crippen molar-refractivity contribution in [2.45, 2.75) is 314 Å². The normalized spacial score (nSPS) is 14.1. The zero-order chi connectivity index (χ0) is 45.9. The first-order valence-corrected chi connectivity index (χ1v) is 27.9. The highest BCUT2D eigenvalue weighted by Crippen LogP contribution is 2.17. The molecule has 0 aromatic heterocycles. The number of aliphatic hydroxyl groups excluding tert-OH is 4. The fourth-order valence-corrected chi connectivity index (χ4v) is 8.65. The number of rotatable bonds is 51. The number of hydrogen-bond donors (Lipinski definition) is 5. The Bertz CT molecular complexity index is 997. The molecule has 4 unspecified atom stereocenters. The third-order valence-corrected chi connectivity index (χ3v) is 13.1. The average Bonchev–Trinajstić information content (AvgIpc) is 3.29. The van der Waals surface area contributed by atoms with Gasteiger partial charge in [0.15, 0.2) is 0 Å². The molecule has 63 heavy (non-hydrogen) atoms. The molecule has 0 saturated carbocycles. The maximum atomic E-state index is 12.5. The predicted molar refractivity (Wildman–Crippen MR) is 274 cm³/mol. The summed E-state index contributed by atoms with van der Waals surface area (Å²) in [6, 6.07) is -1.01. The number of nitrogens with one attached hydrogen (secondary N) is 1. The highest BCUT2D eigenvalue weighted by Gasteiger charge is 2.28. The molecule has 0 aliphatic rings. The van der Waals surface area contributed by atoms with E-state index in [4.69, 9.17) is 0 Å². The first-order chi connectivity index (χ1) is 31.0. The number of carbonyl (C=O) groups excluding carboxylic acids is 1. The van der Waals surface area contributed by atoms with Gasteiger partial charge in [0.25, 0.3) is 0 Å². The lowest BCUT2D eigenvalue weighted by Gasteiger charge is -2.27. The van der Waals surface area contributed by atoms with Crippen LogP contribution in [0.25, 0.3) is 0 Å². The van der Waals surface area contributed by atoms with Crippen molar-refractivity contribution in [2.24, 2.45) is 0 Å². The summed E-state index contributed by atoms with van der Waals surface area (Å²) in [7, 11) is 0. The van der Waals surface area contributed by atoms with Crippen molar-refractivity contribution in [1.29, 1.82) is 0 Å². The van der Waals surface area contributed by atoms with Crippen LogP contribution in [0.5, 0.6) is 0 Å². The monoisotopic (exact) mass is 888 g/mol. The van der Waals surface area contributed by atoms with Gasteiger partial charge in [-0.2, -0.15) is 0 Å². The standard InChI is InChI=1S/C57H109NO5/c1-3-5-7-9-11-13-15-17-19-20-21-22-23-24-25-26-27-28-29-30-31-32-33-34-35-37-38-40-42-44-46-48-50-54(60)56(62)53(52-59)58-57(63)55(61)51-49-47-45-43-41-39-36-18-16-14-12-10-8-6-4-2/h35-37,39,42,44,53-56,59-62H,3-34,38,40-41,43,45-52H2,1-2H3,(H,58,63)/b37-35+,39-36-,44-42+. The molecule has 0 aromatic carbocycles. The van der Waals surface area contributed by atoms with E-state index in [1.807, 2.05) is 0 Å². The van der Waals surface area contributed by atoms with Gasteiger partial charge in [-0.25, -0.2) is 0 Å². The van der Waals surface area contributed by atoms with Gasteiger partial charge in [0.05, 0.1) is 18.8 Å². The first-order valence-electron chi connectivity index (χ1n) is 27.9. The molecule has 0 saturated heterocycles. The highest BCUT2D eigenvalue weighted by molar-refractivity contribution is 5.80. The summed E-state index contributed by atoms with van der Waals surface area (Å²) >= 11 is 0. The molecule has 0 bridgehead atoms. The van der Waals surface area contributed by atoms with Crippen molar-refractivity contribution in [3.8, 4) is 0 Å². The Kier molecular flexibility index (Phi) is 50.3. The van der Waals surface area contributed by atoms with E-state index < -0.39 is 36.9 Å². The van der Waals surface area contributed by atoms with Crippen molar-refractivity contribution in [1.82, 2.24) is 5.32 Å². The molecule has 1 amide bonds. The Balaban J connectivity index is 3.65. The minimum atomic E-state index is -1.29. The molecule has 0 aliphatic carbocycles. The Morgan fingerprint density at radius 1 is 0.381 bits per heavy atom. The first kappa shape index (κ1) is 61.5. The third-order valence-electron chi connectivity index (χ3n) is 13.1.